The van der Waals surface area contributed by atoms with Gasteiger partial charge in [0.2, 0.25) is 0 Å². The summed E-state index contributed by atoms with van der Waals surface area (Å²) in [6, 6.07) is 3.48. The van der Waals surface area contributed by atoms with E-state index in [2.05, 4.69) is 0 Å². The molecule has 104 valence electrons. The summed E-state index contributed by atoms with van der Waals surface area (Å²) >= 11 is 12.0. The van der Waals surface area contributed by atoms with Gasteiger partial charge < -0.3 is 22.1 Å². The third-order valence-electron chi connectivity index (χ3n) is 2.99. The van der Waals surface area contributed by atoms with E-state index in [1.54, 1.807) is 16.7 Å². The van der Waals surface area contributed by atoms with Crippen molar-refractivity contribution in [2.45, 2.75) is 26.9 Å². The SMILES string of the molecule is CCn1c(C)[n+](CC(=O)O)c2cc(Cl)c(Cl)cc21.[Br-]. The maximum atomic E-state index is 10.9. The molecule has 0 saturated heterocycles. The van der Waals surface area contributed by atoms with E-state index >= 15 is 0 Å². The van der Waals surface area contributed by atoms with Crippen molar-refractivity contribution in [1.82, 2.24) is 4.57 Å². The number of nitrogens with zero attached hydrogens (tertiary/aromatic N) is 2. The number of hydrogen-bond acceptors (Lipinski definition) is 1. The topological polar surface area (TPSA) is 46.1 Å². The zero-order chi connectivity index (χ0) is 13.4. The molecule has 0 atom stereocenters. The number of imidazole rings is 1. The number of aryl methyl sites for hydroxylation is 1. The summed E-state index contributed by atoms with van der Waals surface area (Å²) in [7, 11) is 0. The Morgan fingerprint density at radius 2 is 1.95 bits per heavy atom. The third-order valence-corrected chi connectivity index (χ3v) is 3.71. The molecule has 0 radical (unpaired) electrons. The van der Waals surface area contributed by atoms with Crippen LogP contribution in [0.25, 0.3) is 11.0 Å². The summed E-state index contributed by atoms with van der Waals surface area (Å²) < 4.78 is 3.74. The van der Waals surface area contributed by atoms with Crippen LogP contribution < -0.4 is 21.5 Å². The van der Waals surface area contributed by atoms with Gasteiger partial charge in [0.05, 0.1) is 16.6 Å². The number of carbonyl (C=O) groups is 1. The minimum Gasteiger partial charge on any atom is -1.00 e. The first-order chi connectivity index (χ1) is 8.45. The molecule has 2 rings (SSSR count). The second kappa shape index (κ2) is 6.11. The van der Waals surface area contributed by atoms with Crippen molar-refractivity contribution in [1.29, 1.82) is 0 Å². The Kier molecular flexibility index (Phi) is 5.24. The summed E-state index contributed by atoms with van der Waals surface area (Å²) in [4.78, 5) is 10.9. The smallest absolute Gasteiger partial charge is 0.346 e. The van der Waals surface area contributed by atoms with Gasteiger partial charge in [-0.25, -0.2) is 13.9 Å². The predicted molar refractivity (Wildman–Crippen MR) is 70.2 cm³/mol. The maximum absolute atomic E-state index is 10.9. The van der Waals surface area contributed by atoms with Crippen molar-refractivity contribution in [3.63, 3.8) is 0 Å². The Balaban J connectivity index is 0.00000180. The van der Waals surface area contributed by atoms with Crippen LogP contribution in [0.1, 0.15) is 12.7 Å². The van der Waals surface area contributed by atoms with Gasteiger partial charge >= 0.3 is 5.97 Å². The van der Waals surface area contributed by atoms with Gasteiger partial charge in [-0.15, -0.1) is 0 Å². The fraction of sp³-hybridized carbons (Fsp3) is 0.333. The Morgan fingerprint density at radius 3 is 2.47 bits per heavy atom. The first kappa shape index (κ1) is 16.3. The van der Waals surface area contributed by atoms with E-state index in [1.165, 1.54) is 0 Å². The van der Waals surface area contributed by atoms with E-state index in [0.29, 0.717) is 10.0 Å². The average Bonchev–Trinajstić information content (AvgIpc) is 2.53. The van der Waals surface area contributed by atoms with E-state index in [4.69, 9.17) is 28.3 Å². The zero-order valence-electron chi connectivity index (χ0n) is 10.5. The number of benzene rings is 1. The van der Waals surface area contributed by atoms with Crippen LogP contribution in [0.5, 0.6) is 0 Å². The molecule has 0 spiro atoms. The minimum atomic E-state index is -0.885. The van der Waals surface area contributed by atoms with Crippen LogP contribution in [-0.2, 0) is 17.9 Å². The van der Waals surface area contributed by atoms with Crippen LogP contribution >= 0.6 is 23.2 Å². The summed E-state index contributed by atoms with van der Waals surface area (Å²) in [6.07, 6.45) is 0. The standard InChI is InChI=1S/C12H12Cl2N2O2.BrH/c1-3-15-7(2)16(6-12(17)18)11-5-9(14)8(13)4-10(11)15;/h4-5H,3,6H2,1-2H3;1H. The molecule has 2 aromatic rings. The molecule has 0 amide bonds. The molecule has 1 heterocycles. The number of rotatable bonds is 3. The quantitative estimate of drug-likeness (QED) is 0.754. The van der Waals surface area contributed by atoms with E-state index in [1.807, 2.05) is 18.4 Å². The maximum Gasteiger partial charge on any atom is 0.346 e. The molecule has 0 unspecified atom stereocenters. The molecule has 4 nitrogen and oxygen atoms in total. The normalized spacial score (nSPS) is 10.5. The van der Waals surface area contributed by atoms with Gasteiger partial charge in [-0.2, -0.15) is 0 Å². The molecular formula is C12H13BrCl2N2O2. The second-order valence-electron chi connectivity index (χ2n) is 4.03. The van der Waals surface area contributed by atoms with Gasteiger partial charge in [0, 0.05) is 19.1 Å². The van der Waals surface area contributed by atoms with E-state index in [9.17, 15) is 4.79 Å². The molecule has 0 aliphatic rings. The van der Waals surface area contributed by atoms with Crippen molar-refractivity contribution in [2.24, 2.45) is 0 Å². The van der Waals surface area contributed by atoms with Crippen LogP contribution in [0.4, 0.5) is 0 Å². The number of hydrogen-bond donors (Lipinski definition) is 1. The lowest BCUT2D eigenvalue weighted by molar-refractivity contribution is -0.667. The third kappa shape index (κ3) is 2.88. The first-order valence-electron chi connectivity index (χ1n) is 5.55. The van der Waals surface area contributed by atoms with Crippen LogP contribution in [0, 0.1) is 6.92 Å². The molecule has 0 bridgehead atoms. The number of carboxylic acids is 1. The molecule has 1 N–H and O–H groups in total. The van der Waals surface area contributed by atoms with Crippen molar-refractivity contribution in [3.05, 3.63) is 28.0 Å². The molecule has 1 aromatic carbocycles. The molecule has 1 aromatic heterocycles. The Hall–Kier alpha value is -0.780. The van der Waals surface area contributed by atoms with Crippen molar-refractivity contribution in [3.8, 4) is 0 Å². The summed E-state index contributed by atoms with van der Waals surface area (Å²) in [5, 5.41) is 9.87. The van der Waals surface area contributed by atoms with Crippen LogP contribution in [0.15, 0.2) is 12.1 Å². The largest absolute Gasteiger partial charge is 1.00 e. The zero-order valence-corrected chi connectivity index (χ0v) is 13.6. The molecular weight excluding hydrogens is 355 g/mol. The first-order valence-corrected chi connectivity index (χ1v) is 6.30. The van der Waals surface area contributed by atoms with Crippen molar-refractivity contribution >= 4 is 40.2 Å². The highest BCUT2D eigenvalue weighted by Crippen LogP contribution is 2.27. The molecule has 0 aliphatic heterocycles. The highest BCUT2D eigenvalue weighted by Gasteiger charge is 2.23. The molecule has 0 aliphatic carbocycles. The number of halogens is 3. The lowest BCUT2D eigenvalue weighted by Gasteiger charge is -1.96. The fourth-order valence-corrected chi connectivity index (χ4v) is 2.50. The van der Waals surface area contributed by atoms with Crippen LogP contribution in [-0.4, -0.2) is 15.6 Å². The molecule has 19 heavy (non-hydrogen) atoms. The monoisotopic (exact) mass is 366 g/mol. The predicted octanol–water partition coefficient (Wildman–Crippen LogP) is -0.347. The second-order valence-corrected chi connectivity index (χ2v) is 4.84. The number of aliphatic carboxylic acids is 1. The van der Waals surface area contributed by atoms with Crippen molar-refractivity contribution in [2.75, 3.05) is 0 Å². The van der Waals surface area contributed by atoms with Gasteiger partial charge in [-0.1, -0.05) is 23.2 Å². The Labute approximate surface area is 131 Å². The van der Waals surface area contributed by atoms with Gasteiger partial charge in [-0.05, 0) is 6.92 Å². The number of fused-ring (bicyclic) bond motifs is 1. The van der Waals surface area contributed by atoms with Crippen LogP contribution in [0.3, 0.4) is 0 Å². The average molecular weight is 368 g/mol. The van der Waals surface area contributed by atoms with Gasteiger partial charge in [-0.3, -0.25) is 0 Å². The number of aromatic nitrogens is 2. The lowest BCUT2D eigenvalue weighted by atomic mass is 10.3. The van der Waals surface area contributed by atoms with Gasteiger partial charge in [0.1, 0.15) is 0 Å². The minimum absolute atomic E-state index is 0. The highest BCUT2D eigenvalue weighted by molar-refractivity contribution is 6.42. The molecule has 0 fully saturated rings. The summed E-state index contributed by atoms with van der Waals surface area (Å²) in [6.45, 7) is 4.54. The van der Waals surface area contributed by atoms with Crippen LogP contribution in [0.2, 0.25) is 10.0 Å². The van der Waals surface area contributed by atoms with E-state index < -0.39 is 5.97 Å². The van der Waals surface area contributed by atoms with E-state index in [0.717, 1.165) is 23.4 Å². The van der Waals surface area contributed by atoms with Gasteiger partial charge in [0.25, 0.3) is 5.82 Å². The van der Waals surface area contributed by atoms with Gasteiger partial charge in [0.15, 0.2) is 17.6 Å². The molecule has 0 saturated carbocycles. The van der Waals surface area contributed by atoms with Crippen molar-refractivity contribution < 1.29 is 31.4 Å². The lowest BCUT2D eigenvalue weighted by Crippen LogP contribution is -3.00. The summed E-state index contributed by atoms with van der Waals surface area (Å²) in [5.41, 5.74) is 1.68. The fourth-order valence-electron chi connectivity index (χ4n) is 2.19. The summed E-state index contributed by atoms with van der Waals surface area (Å²) in [5.74, 6) is -0.0161. The molecule has 7 heteroatoms. The number of carboxylic acid groups (broad SMARTS) is 1. The highest BCUT2D eigenvalue weighted by atomic mass is 79.9. The Bertz CT molecular complexity index is 640. The van der Waals surface area contributed by atoms with E-state index in [-0.39, 0.29) is 23.5 Å². The Morgan fingerprint density at radius 1 is 1.37 bits per heavy atom.